The van der Waals surface area contributed by atoms with Crippen molar-refractivity contribution in [3.05, 3.63) is 91.9 Å². The zero-order valence-corrected chi connectivity index (χ0v) is 16.3. The van der Waals surface area contributed by atoms with Crippen molar-refractivity contribution in [2.75, 3.05) is 4.90 Å². The van der Waals surface area contributed by atoms with Gasteiger partial charge in [0.05, 0.1) is 17.0 Å². The molecule has 1 aliphatic rings. The molecule has 1 unspecified atom stereocenters. The zero-order chi connectivity index (χ0) is 19.4. The van der Waals surface area contributed by atoms with Gasteiger partial charge in [-0.3, -0.25) is 14.5 Å². The average Bonchev–Trinajstić information content (AvgIpc) is 3.24. The first-order valence-corrected chi connectivity index (χ1v) is 9.42. The van der Waals surface area contributed by atoms with Gasteiger partial charge in [-0.2, -0.15) is 0 Å². The minimum absolute atomic E-state index is 0.0364. The fourth-order valence-electron chi connectivity index (χ4n) is 3.60. The molecule has 0 saturated carbocycles. The minimum atomic E-state index is -0.646. The fourth-order valence-corrected chi connectivity index (χ4v) is 3.96. The highest BCUT2D eigenvalue weighted by Crippen LogP contribution is 2.40. The predicted octanol–water partition coefficient (Wildman–Crippen LogP) is 4.60. The van der Waals surface area contributed by atoms with Gasteiger partial charge in [0.25, 0.3) is 5.91 Å². The molecule has 0 fully saturated rings. The van der Waals surface area contributed by atoms with Crippen LogP contribution in [-0.2, 0) is 0 Å². The predicted molar refractivity (Wildman–Crippen MR) is 107 cm³/mol. The van der Waals surface area contributed by atoms with Crippen LogP contribution in [0, 0.1) is 6.92 Å². The number of rotatable bonds is 2. The number of hydrogen-bond acceptors (Lipinski definition) is 5. The van der Waals surface area contributed by atoms with Crippen LogP contribution in [-0.4, -0.2) is 11.1 Å². The number of anilines is 1. The fraction of sp³-hybridized carbons (Fsp3) is 0.0952. The molecule has 0 radical (unpaired) electrons. The van der Waals surface area contributed by atoms with E-state index in [1.165, 1.54) is 4.90 Å². The van der Waals surface area contributed by atoms with Crippen LogP contribution in [0.1, 0.15) is 33.5 Å². The van der Waals surface area contributed by atoms with Gasteiger partial charge in [0, 0.05) is 10.5 Å². The third-order valence-corrected chi connectivity index (χ3v) is 5.30. The maximum Gasteiger partial charge on any atom is 0.296 e. The van der Waals surface area contributed by atoms with E-state index in [2.05, 4.69) is 21.1 Å². The van der Waals surface area contributed by atoms with Crippen LogP contribution in [0.15, 0.2) is 72.8 Å². The summed E-state index contributed by atoms with van der Waals surface area (Å²) in [6.07, 6.45) is 0. The van der Waals surface area contributed by atoms with Crippen molar-refractivity contribution in [2.45, 2.75) is 13.0 Å². The Bertz CT molecular complexity index is 1290. The number of amides is 1. The molecule has 0 saturated heterocycles. The Morgan fingerprint density at radius 2 is 1.86 bits per heavy atom. The van der Waals surface area contributed by atoms with Crippen molar-refractivity contribution in [2.24, 2.45) is 0 Å². The first-order chi connectivity index (χ1) is 13.5. The lowest BCUT2D eigenvalue weighted by molar-refractivity contribution is 0.0969. The molecule has 2 aromatic heterocycles. The van der Waals surface area contributed by atoms with Crippen LogP contribution >= 0.6 is 15.9 Å². The van der Waals surface area contributed by atoms with E-state index in [1.54, 1.807) is 31.2 Å². The van der Waals surface area contributed by atoms with Crippen molar-refractivity contribution in [1.29, 1.82) is 0 Å². The van der Waals surface area contributed by atoms with E-state index in [0.29, 0.717) is 28.1 Å². The number of carbonyl (C=O) groups is 1. The number of hydrogen-bond donors (Lipinski definition) is 0. The van der Waals surface area contributed by atoms with Gasteiger partial charge in [-0.15, -0.1) is 0 Å². The summed E-state index contributed by atoms with van der Waals surface area (Å²) in [4.78, 5) is 28.1. The Labute approximate surface area is 167 Å². The van der Waals surface area contributed by atoms with E-state index < -0.39 is 11.9 Å². The summed E-state index contributed by atoms with van der Waals surface area (Å²) in [6, 6.07) is 15.5. The van der Waals surface area contributed by atoms with Crippen LogP contribution < -0.4 is 10.3 Å². The summed E-state index contributed by atoms with van der Waals surface area (Å²) in [7, 11) is 0. The molecule has 1 amide bonds. The molecule has 4 aromatic rings. The second-order valence-corrected chi connectivity index (χ2v) is 7.51. The lowest BCUT2D eigenvalue weighted by atomic mass is 9.98. The largest absolute Gasteiger partial charge is 0.450 e. The molecule has 0 bridgehead atoms. The van der Waals surface area contributed by atoms with Gasteiger partial charge in [-0.1, -0.05) is 51.4 Å². The molecular weight excluding hydrogens is 424 g/mol. The molecule has 1 aliphatic heterocycles. The molecule has 5 rings (SSSR count). The van der Waals surface area contributed by atoms with E-state index in [0.717, 1.165) is 10.0 Å². The maximum atomic E-state index is 13.4. The summed E-state index contributed by atoms with van der Waals surface area (Å²) < 4.78 is 11.8. The topological polar surface area (TPSA) is 76.6 Å². The first-order valence-electron chi connectivity index (χ1n) is 8.62. The average molecular weight is 437 g/mol. The van der Waals surface area contributed by atoms with Crippen molar-refractivity contribution in [1.82, 2.24) is 5.16 Å². The number of aryl methyl sites for hydroxylation is 1. The van der Waals surface area contributed by atoms with Gasteiger partial charge in [0.1, 0.15) is 11.3 Å². The normalized spacial score (nSPS) is 16.0. The summed E-state index contributed by atoms with van der Waals surface area (Å²) in [6.45, 7) is 1.75. The van der Waals surface area contributed by atoms with Crippen molar-refractivity contribution in [3.63, 3.8) is 0 Å². The van der Waals surface area contributed by atoms with Crippen molar-refractivity contribution >= 4 is 38.6 Å². The van der Waals surface area contributed by atoms with Crippen molar-refractivity contribution < 1.29 is 13.7 Å². The number of benzene rings is 2. The van der Waals surface area contributed by atoms with Crippen molar-refractivity contribution in [3.8, 4) is 0 Å². The summed E-state index contributed by atoms with van der Waals surface area (Å²) in [5.74, 6) is 0.528. The molecule has 2 aromatic carbocycles. The number of aromatic nitrogens is 1. The van der Waals surface area contributed by atoms with Crippen LogP contribution in [0.5, 0.6) is 0 Å². The molecule has 138 valence electrons. The molecule has 6 nitrogen and oxygen atoms in total. The van der Waals surface area contributed by atoms with E-state index in [-0.39, 0.29) is 11.2 Å². The highest BCUT2D eigenvalue weighted by atomic mass is 79.9. The molecule has 0 N–H and O–H groups in total. The van der Waals surface area contributed by atoms with Gasteiger partial charge in [-0.05, 0) is 30.7 Å². The van der Waals surface area contributed by atoms with Gasteiger partial charge in [-0.25, -0.2) is 0 Å². The Hall–Kier alpha value is -3.19. The third kappa shape index (κ3) is 2.43. The Kier molecular flexibility index (Phi) is 3.73. The Morgan fingerprint density at radius 1 is 1.07 bits per heavy atom. The van der Waals surface area contributed by atoms with Gasteiger partial charge in [0.2, 0.25) is 5.76 Å². The van der Waals surface area contributed by atoms with E-state index in [9.17, 15) is 9.59 Å². The highest BCUT2D eigenvalue weighted by molar-refractivity contribution is 9.10. The van der Waals surface area contributed by atoms with Gasteiger partial charge < -0.3 is 8.94 Å². The van der Waals surface area contributed by atoms with E-state index >= 15 is 0 Å². The molecule has 0 spiro atoms. The zero-order valence-electron chi connectivity index (χ0n) is 14.7. The lowest BCUT2D eigenvalue weighted by Crippen LogP contribution is -2.29. The Balaban J connectivity index is 1.84. The van der Waals surface area contributed by atoms with Gasteiger partial charge >= 0.3 is 0 Å². The SMILES string of the molecule is Cc1cc(N2C(=O)c3oc4ccc(Br)cc4c(=O)c3C2c2ccccc2)no1. The number of nitrogens with zero attached hydrogens (tertiary/aromatic N) is 2. The lowest BCUT2D eigenvalue weighted by Gasteiger charge is -2.22. The second kappa shape index (κ2) is 6.17. The molecule has 1 atom stereocenters. The van der Waals surface area contributed by atoms with E-state index in [4.69, 9.17) is 8.94 Å². The second-order valence-electron chi connectivity index (χ2n) is 6.60. The quantitative estimate of drug-likeness (QED) is 0.458. The molecule has 7 heteroatoms. The molecule has 28 heavy (non-hydrogen) atoms. The third-order valence-electron chi connectivity index (χ3n) is 4.81. The Morgan fingerprint density at radius 3 is 2.57 bits per heavy atom. The molecular formula is C21H13BrN2O4. The molecule has 3 heterocycles. The maximum absolute atomic E-state index is 13.4. The summed E-state index contributed by atoms with van der Waals surface area (Å²) in [5.41, 5.74) is 1.23. The van der Waals surface area contributed by atoms with Crippen LogP contribution in [0.2, 0.25) is 0 Å². The van der Waals surface area contributed by atoms with Crippen LogP contribution in [0.3, 0.4) is 0 Å². The van der Waals surface area contributed by atoms with Gasteiger partial charge in [0.15, 0.2) is 11.2 Å². The first kappa shape index (κ1) is 16.9. The number of fused-ring (bicyclic) bond motifs is 2. The highest BCUT2D eigenvalue weighted by Gasteiger charge is 2.44. The monoisotopic (exact) mass is 436 g/mol. The summed E-state index contributed by atoms with van der Waals surface area (Å²) >= 11 is 3.39. The smallest absolute Gasteiger partial charge is 0.296 e. The summed E-state index contributed by atoms with van der Waals surface area (Å²) in [5, 5.41) is 4.42. The minimum Gasteiger partial charge on any atom is -0.450 e. The number of carbonyl (C=O) groups excluding carboxylic acids is 1. The molecule has 0 aliphatic carbocycles. The van der Waals surface area contributed by atoms with Crippen LogP contribution in [0.4, 0.5) is 5.82 Å². The van der Waals surface area contributed by atoms with Crippen LogP contribution in [0.25, 0.3) is 11.0 Å². The standard InChI is InChI=1S/C21H13BrN2O4/c1-11-9-16(23-28-11)24-18(12-5-3-2-4-6-12)17-19(25)14-10-13(22)7-8-15(14)27-20(17)21(24)26/h2-10,18H,1H3. The van der Waals surface area contributed by atoms with E-state index in [1.807, 2.05) is 30.3 Å². The number of halogens is 1.